The van der Waals surface area contributed by atoms with Crippen LogP contribution in [0.25, 0.3) is 4.91 Å². The molecule has 0 fully saturated rings. The number of primary amides is 1. The molecule has 1 aliphatic rings. The molecule has 0 saturated carbocycles. The van der Waals surface area contributed by atoms with E-state index < -0.39 is 12.5 Å². The van der Waals surface area contributed by atoms with Crippen LogP contribution in [0.15, 0.2) is 30.5 Å². The Hall–Kier alpha value is -2.85. The average molecular weight is 433 g/mol. The first-order chi connectivity index (χ1) is 14.2. The number of pyridine rings is 2. The Morgan fingerprint density at radius 2 is 2.23 bits per heavy atom. The quantitative estimate of drug-likeness (QED) is 0.460. The van der Waals surface area contributed by atoms with Gasteiger partial charge in [-0.15, -0.1) is 12.6 Å². The topological polar surface area (TPSA) is 105 Å². The highest BCUT2D eigenvalue weighted by molar-refractivity contribution is 7.90. The zero-order chi connectivity index (χ0) is 21.8. The van der Waals surface area contributed by atoms with E-state index in [0.29, 0.717) is 42.4 Å². The molecule has 0 aromatic carbocycles. The molecule has 7 nitrogen and oxygen atoms in total. The number of nitrogens with zero attached hydrogens (tertiary/aromatic N) is 3. The molecule has 30 heavy (non-hydrogen) atoms. The van der Waals surface area contributed by atoms with E-state index >= 15 is 0 Å². The summed E-state index contributed by atoms with van der Waals surface area (Å²) < 4.78 is 29.2. The Morgan fingerprint density at radius 3 is 2.90 bits per heavy atom. The van der Waals surface area contributed by atoms with Gasteiger partial charge in [-0.3, -0.25) is 9.69 Å². The zero-order valence-electron chi connectivity index (χ0n) is 16.2. The maximum atomic E-state index is 12.4. The molecule has 158 valence electrons. The van der Waals surface area contributed by atoms with E-state index in [-0.39, 0.29) is 11.6 Å². The van der Waals surface area contributed by atoms with Gasteiger partial charge in [-0.05, 0) is 48.2 Å². The lowest BCUT2D eigenvalue weighted by molar-refractivity contribution is -0.0529. The third-order valence-corrected chi connectivity index (χ3v) is 4.93. The Labute approximate surface area is 177 Å². The average Bonchev–Trinajstić information content (AvgIpc) is 2.66. The van der Waals surface area contributed by atoms with Crippen molar-refractivity contribution in [3.05, 3.63) is 58.6 Å². The summed E-state index contributed by atoms with van der Waals surface area (Å²) in [6.45, 7) is 0.318. The smallest absolute Gasteiger partial charge is 0.388 e. The number of aromatic nitrogens is 2. The Kier molecular flexibility index (Phi) is 6.78. The fourth-order valence-electron chi connectivity index (χ4n) is 3.33. The normalized spacial score (nSPS) is 14.5. The molecule has 3 N–H and O–H groups in total. The first-order valence-corrected chi connectivity index (χ1v) is 9.58. The van der Waals surface area contributed by atoms with Crippen molar-refractivity contribution in [1.29, 1.82) is 5.41 Å². The van der Waals surface area contributed by atoms with Gasteiger partial charge in [-0.2, -0.15) is 8.78 Å². The second-order valence-corrected chi connectivity index (χ2v) is 7.38. The SMILES string of the molecule is CC(=N)/C=C(\S)c1cc(C(N)=O)nc2c1CCN(Cc1ccnc(OC(F)F)c1)C2. The third-order valence-electron chi connectivity index (χ3n) is 4.56. The number of hydrogen-bond donors (Lipinski definition) is 3. The van der Waals surface area contributed by atoms with E-state index in [1.807, 2.05) is 0 Å². The maximum absolute atomic E-state index is 12.4. The molecule has 0 atom stereocenters. The van der Waals surface area contributed by atoms with Gasteiger partial charge < -0.3 is 15.9 Å². The number of rotatable bonds is 7. The highest BCUT2D eigenvalue weighted by Crippen LogP contribution is 2.30. The van der Waals surface area contributed by atoms with E-state index in [9.17, 15) is 13.6 Å². The number of nitrogens with two attached hydrogens (primary N) is 1. The highest BCUT2D eigenvalue weighted by Gasteiger charge is 2.23. The van der Waals surface area contributed by atoms with Crippen LogP contribution < -0.4 is 10.5 Å². The fourth-order valence-corrected chi connectivity index (χ4v) is 3.72. The molecule has 1 aliphatic heterocycles. The van der Waals surface area contributed by atoms with Crippen molar-refractivity contribution in [2.75, 3.05) is 6.54 Å². The molecular weight excluding hydrogens is 412 g/mol. The molecule has 1 amide bonds. The fraction of sp³-hybridized carbons (Fsp3) is 0.300. The largest absolute Gasteiger partial charge is 0.417 e. The number of nitrogens with one attached hydrogen (secondary N) is 1. The molecule has 10 heteroatoms. The number of hydrogen-bond acceptors (Lipinski definition) is 7. The number of alkyl halides is 2. The third kappa shape index (κ3) is 5.39. The molecule has 0 unspecified atom stereocenters. The summed E-state index contributed by atoms with van der Waals surface area (Å²) in [6, 6.07) is 4.81. The van der Waals surface area contributed by atoms with Crippen molar-refractivity contribution in [3.8, 4) is 5.88 Å². The van der Waals surface area contributed by atoms with E-state index in [1.54, 1.807) is 25.1 Å². The van der Waals surface area contributed by atoms with Gasteiger partial charge in [0, 0.05) is 42.5 Å². The second kappa shape index (κ2) is 9.31. The molecule has 3 rings (SSSR count). The lowest BCUT2D eigenvalue weighted by Gasteiger charge is -2.30. The number of halogens is 2. The Balaban J connectivity index is 1.87. The van der Waals surface area contributed by atoms with E-state index in [4.69, 9.17) is 11.1 Å². The number of amides is 1. The minimum Gasteiger partial charge on any atom is -0.417 e. The number of allylic oxidation sites excluding steroid dienone is 1. The van der Waals surface area contributed by atoms with Crippen LogP contribution >= 0.6 is 12.6 Å². The van der Waals surface area contributed by atoms with Gasteiger partial charge in [0.1, 0.15) is 5.69 Å². The van der Waals surface area contributed by atoms with Gasteiger partial charge in [0.15, 0.2) is 0 Å². The number of carbonyl (C=O) groups excluding carboxylic acids is 1. The maximum Gasteiger partial charge on any atom is 0.388 e. The van der Waals surface area contributed by atoms with Gasteiger partial charge >= 0.3 is 6.61 Å². The van der Waals surface area contributed by atoms with Gasteiger partial charge in [0.25, 0.3) is 5.91 Å². The molecule has 0 spiro atoms. The van der Waals surface area contributed by atoms with Crippen molar-refractivity contribution >= 4 is 29.2 Å². The number of ether oxygens (including phenoxy) is 1. The van der Waals surface area contributed by atoms with Gasteiger partial charge in [-0.25, -0.2) is 9.97 Å². The van der Waals surface area contributed by atoms with Crippen LogP contribution in [0.3, 0.4) is 0 Å². The monoisotopic (exact) mass is 433 g/mol. The van der Waals surface area contributed by atoms with E-state index in [2.05, 4.69) is 32.2 Å². The first kappa shape index (κ1) is 21.8. The summed E-state index contributed by atoms with van der Waals surface area (Å²) in [5.41, 5.74) is 9.07. The van der Waals surface area contributed by atoms with Crippen LogP contribution in [0.4, 0.5) is 8.78 Å². The van der Waals surface area contributed by atoms with E-state index in [0.717, 1.165) is 16.7 Å². The highest BCUT2D eigenvalue weighted by atomic mass is 32.1. The standard InChI is InChI=1S/C20H21F2N5O2S/c1-11(23)6-17(30)14-8-15(19(24)28)26-16-10-27(5-3-13(14)16)9-12-2-4-25-18(7-12)29-20(21)22/h2,4,6-8,20,23,30H,3,5,9-10H2,1H3,(H2,24,28)/b17-6-,23-11?. The number of carbonyl (C=O) groups is 1. The van der Waals surface area contributed by atoms with Crippen molar-refractivity contribution in [3.63, 3.8) is 0 Å². The van der Waals surface area contributed by atoms with Gasteiger partial charge in [-0.1, -0.05) is 0 Å². The minimum absolute atomic E-state index is 0.129. The van der Waals surface area contributed by atoms with Crippen LogP contribution in [0.5, 0.6) is 5.88 Å². The minimum atomic E-state index is -2.93. The summed E-state index contributed by atoms with van der Waals surface area (Å²) >= 11 is 4.49. The molecule has 0 radical (unpaired) electrons. The summed E-state index contributed by atoms with van der Waals surface area (Å²) in [5, 5.41) is 7.67. The molecular formula is C20H21F2N5O2S. The van der Waals surface area contributed by atoms with Crippen molar-refractivity contribution < 1.29 is 18.3 Å². The lowest BCUT2D eigenvalue weighted by Crippen LogP contribution is -2.32. The van der Waals surface area contributed by atoms with Crippen LogP contribution in [0.2, 0.25) is 0 Å². The number of fused-ring (bicyclic) bond motifs is 1. The predicted molar refractivity (Wildman–Crippen MR) is 112 cm³/mol. The van der Waals surface area contributed by atoms with Crippen LogP contribution in [-0.4, -0.2) is 39.6 Å². The van der Waals surface area contributed by atoms with Crippen molar-refractivity contribution in [2.24, 2.45) is 5.73 Å². The predicted octanol–water partition coefficient (Wildman–Crippen LogP) is 3.05. The Morgan fingerprint density at radius 1 is 1.47 bits per heavy atom. The second-order valence-electron chi connectivity index (χ2n) is 6.90. The lowest BCUT2D eigenvalue weighted by atomic mass is 9.96. The molecule has 0 bridgehead atoms. The molecule has 2 aromatic heterocycles. The summed E-state index contributed by atoms with van der Waals surface area (Å²) in [4.78, 5) is 22.6. The van der Waals surface area contributed by atoms with Crippen molar-refractivity contribution in [1.82, 2.24) is 14.9 Å². The summed E-state index contributed by atoms with van der Waals surface area (Å²) in [6.07, 6.45) is 3.68. The first-order valence-electron chi connectivity index (χ1n) is 9.14. The van der Waals surface area contributed by atoms with Crippen molar-refractivity contribution in [2.45, 2.75) is 33.0 Å². The number of thiol groups is 1. The van der Waals surface area contributed by atoms with Crippen LogP contribution in [0, 0.1) is 5.41 Å². The molecule has 0 saturated heterocycles. The van der Waals surface area contributed by atoms with Crippen LogP contribution in [-0.2, 0) is 19.5 Å². The Bertz CT molecular complexity index is 1010. The van der Waals surface area contributed by atoms with Gasteiger partial charge in [0.05, 0.1) is 5.69 Å². The molecule has 0 aliphatic carbocycles. The van der Waals surface area contributed by atoms with Gasteiger partial charge in [0.2, 0.25) is 5.88 Å². The summed E-state index contributed by atoms with van der Waals surface area (Å²) in [7, 11) is 0. The zero-order valence-corrected chi connectivity index (χ0v) is 17.1. The molecule has 2 aromatic rings. The van der Waals surface area contributed by atoms with E-state index in [1.165, 1.54) is 12.3 Å². The molecule has 3 heterocycles. The summed E-state index contributed by atoms with van der Waals surface area (Å²) in [5.74, 6) is -0.782. The van der Waals surface area contributed by atoms with Crippen LogP contribution in [0.1, 0.15) is 39.8 Å².